The van der Waals surface area contributed by atoms with Crippen molar-refractivity contribution < 1.29 is 14.3 Å². The van der Waals surface area contributed by atoms with Crippen molar-refractivity contribution >= 4 is 23.6 Å². The van der Waals surface area contributed by atoms with Crippen LogP contribution in [0, 0.1) is 11.2 Å². The van der Waals surface area contributed by atoms with Gasteiger partial charge in [-0.05, 0) is 45.0 Å². The van der Waals surface area contributed by atoms with Gasteiger partial charge in [-0.3, -0.25) is 9.20 Å². The number of fused-ring (bicyclic) bond motifs is 1. The molecule has 0 bridgehead atoms. The quantitative estimate of drug-likeness (QED) is 0.315. The van der Waals surface area contributed by atoms with Gasteiger partial charge in [-0.2, -0.15) is 0 Å². The van der Waals surface area contributed by atoms with Gasteiger partial charge in [0.2, 0.25) is 0 Å². The van der Waals surface area contributed by atoms with Crippen LogP contribution in [0.15, 0.2) is 30.6 Å². The highest BCUT2D eigenvalue weighted by molar-refractivity contribution is 5.95. The summed E-state index contributed by atoms with van der Waals surface area (Å²) in [6.07, 6.45) is 6.67. The van der Waals surface area contributed by atoms with Crippen LogP contribution in [0.4, 0.5) is 10.2 Å². The first-order valence-corrected chi connectivity index (χ1v) is 10.9. The molecule has 33 heavy (non-hydrogen) atoms. The third-order valence-electron chi connectivity index (χ3n) is 5.37. The van der Waals surface area contributed by atoms with Crippen LogP contribution in [0.25, 0.3) is 16.9 Å². The Morgan fingerprint density at radius 3 is 2.85 bits per heavy atom. The van der Waals surface area contributed by atoms with Crippen LogP contribution < -0.4 is 16.4 Å². The predicted octanol–water partition coefficient (Wildman–Crippen LogP) is 2.65. The Morgan fingerprint density at radius 2 is 2.21 bits per heavy atom. The minimum Gasteiger partial charge on any atom is -0.389 e. The lowest BCUT2D eigenvalue weighted by Crippen LogP contribution is -2.30. The lowest BCUT2D eigenvalue weighted by molar-refractivity contribution is 0.0938. The molecule has 10 heteroatoms. The number of nitrogens with two attached hydrogens (primary N) is 1. The number of nitrogens with one attached hydrogen (secondary N) is 3. The maximum absolute atomic E-state index is 14.8. The fourth-order valence-electron chi connectivity index (χ4n) is 3.41. The molecule has 0 spiro atoms. The summed E-state index contributed by atoms with van der Waals surface area (Å²) in [5.74, 6) is -0.611. The highest BCUT2D eigenvalue weighted by atomic mass is 19.1. The summed E-state index contributed by atoms with van der Waals surface area (Å²) in [5.41, 5.74) is 7.34. The molecular formula is C23H28FN7O2. The molecule has 6 N–H and O–H groups in total. The molecule has 1 amide bonds. The van der Waals surface area contributed by atoms with Crippen molar-refractivity contribution in [1.82, 2.24) is 19.7 Å². The number of imidazole rings is 1. The number of hydrogen-bond donors (Lipinski definition) is 5. The Kier molecular flexibility index (Phi) is 6.13. The Morgan fingerprint density at radius 1 is 1.45 bits per heavy atom. The normalized spacial score (nSPS) is 14.8. The fraction of sp³-hybridized carbons (Fsp3) is 0.391. The van der Waals surface area contributed by atoms with E-state index in [1.807, 2.05) is 0 Å². The molecule has 1 aliphatic carbocycles. The third-order valence-corrected chi connectivity index (χ3v) is 5.37. The average Bonchev–Trinajstić information content (AvgIpc) is 3.46. The molecule has 1 atom stereocenters. The minimum atomic E-state index is -0.985. The van der Waals surface area contributed by atoms with Crippen molar-refractivity contribution in [2.75, 3.05) is 11.9 Å². The topological polar surface area (TPSA) is 141 Å². The maximum atomic E-state index is 14.8. The average molecular weight is 454 g/mol. The van der Waals surface area contributed by atoms with Crippen molar-refractivity contribution in [3.8, 4) is 11.3 Å². The second-order valence-corrected chi connectivity index (χ2v) is 9.01. The summed E-state index contributed by atoms with van der Waals surface area (Å²) in [6, 6.07) is 4.08. The van der Waals surface area contributed by atoms with Crippen LogP contribution >= 0.6 is 0 Å². The van der Waals surface area contributed by atoms with Gasteiger partial charge in [0.1, 0.15) is 5.82 Å². The summed E-state index contributed by atoms with van der Waals surface area (Å²) in [6.45, 7) is 3.56. The summed E-state index contributed by atoms with van der Waals surface area (Å²) >= 11 is 0. The van der Waals surface area contributed by atoms with Crippen molar-refractivity contribution in [1.29, 1.82) is 5.41 Å². The summed E-state index contributed by atoms with van der Waals surface area (Å²) < 4.78 is 16.6. The van der Waals surface area contributed by atoms with Gasteiger partial charge >= 0.3 is 0 Å². The zero-order chi connectivity index (χ0) is 23.8. The summed E-state index contributed by atoms with van der Waals surface area (Å²) in [4.78, 5) is 21.3. The SMILES string of the molecule is CC(C)(O)CNc1nc(C(N)CC=N)cn2c(-c3ccc(C(=O)NC4CC4)c(F)c3)cnc12. The molecule has 1 aliphatic rings. The number of hydrogen-bond acceptors (Lipinski definition) is 7. The first-order valence-electron chi connectivity index (χ1n) is 10.9. The number of carbonyl (C=O) groups is 1. The van der Waals surface area contributed by atoms with E-state index in [9.17, 15) is 14.3 Å². The number of halogens is 1. The molecule has 0 aliphatic heterocycles. The standard InChI is InChI=1S/C23H28FN7O2/c1-23(2,33)12-28-20-21-27-10-19(31(21)11-18(30-20)17(26)7-8-25)13-3-6-15(16(24)9-13)22(32)29-14-4-5-14/h3,6,8-11,14,17,25,33H,4-5,7,12,26H2,1-2H3,(H,28,30)(H,29,32). The number of aliphatic hydroxyl groups is 1. The molecule has 2 heterocycles. The van der Waals surface area contributed by atoms with Gasteiger partial charge in [-0.25, -0.2) is 14.4 Å². The van der Waals surface area contributed by atoms with E-state index in [2.05, 4.69) is 20.6 Å². The number of carbonyl (C=O) groups excluding carboxylic acids is 1. The second-order valence-electron chi connectivity index (χ2n) is 9.01. The number of rotatable bonds is 9. The third kappa shape index (κ3) is 5.18. The molecule has 1 aromatic carbocycles. The van der Waals surface area contributed by atoms with Gasteiger partial charge in [-0.1, -0.05) is 6.07 Å². The van der Waals surface area contributed by atoms with Gasteiger partial charge in [-0.15, -0.1) is 0 Å². The van der Waals surface area contributed by atoms with Crippen molar-refractivity contribution in [3.05, 3.63) is 47.7 Å². The molecular weight excluding hydrogens is 425 g/mol. The molecule has 174 valence electrons. The van der Waals surface area contributed by atoms with Crippen molar-refractivity contribution in [2.24, 2.45) is 5.73 Å². The summed E-state index contributed by atoms with van der Waals surface area (Å²) in [5, 5.41) is 23.4. The van der Waals surface area contributed by atoms with Crippen LogP contribution in [-0.4, -0.2) is 49.8 Å². The van der Waals surface area contributed by atoms with Gasteiger partial charge in [0, 0.05) is 30.8 Å². The largest absolute Gasteiger partial charge is 0.389 e. The molecule has 1 saturated carbocycles. The second kappa shape index (κ2) is 8.87. The van der Waals surface area contributed by atoms with Crippen LogP contribution in [0.1, 0.15) is 55.2 Å². The van der Waals surface area contributed by atoms with Crippen molar-refractivity contribution in [2.45, 2.75) is 50.8 Å². The predicted molar refractivity (Wildman–Crippen MR) is 124 cm³/mol. The molecule has 2 aromatic heterocycles. The number of benzene rings is 1. The van der Waals surface area contributed by atoms with E-state index in [-0.39, 0.29) is 18.2 Å². The minimum absolute atomic E-state index is 0.00219. The zero-order valence-corrected chi connectivity index (χ0v) is 18.6. The van der Waals surface area contributed by atoms with E-state index in [0.29, 0.717) is 34.8 Å². The summed E-state index contributed by atoms with van der Waals surface area (Å²) in [7, 11) is 0. The monoisotopic (exact) mass is 453 g/mol. The van der Waals surface area contributed by atoms with E-state index < -0.39 is 23.4 Å². The molecule has 3 aromatic rings. The van der Waals surface area contributed by atoms with Gasteiger partial charge in [0.15, 0.2) is 11.5 Å². The van der Waals surface area contributed by atoms with Crippen LogP contribution in [0.3, 0.4) is 0 Å². The van der Waals surface area contributed by atoms with E-state index in [0.717, 1.165) is 12.8 Å². The molecule has 1 unspecified atom stereocenters. The Bertz CT molecular complexity index is 1200. The Hall–Kier alpha value is -3.37. The highest BCUT2D eigenvalue weighted by Gasteiger charge is 2.25. The fourth-order valence-corrected chi connectivity index (χ4v) is 3.41. The Labute approximate surface area is 190 Å². The van der Waals surface area contributed by atoms with Crippen molar-refractivity contribution in [3.63, 3.8) is 0 Å². The smallest absolute Gasteiger partial charge is 0.254 e. The number of aromatic nitrogens is 3. The van der Waals surface area contributed by atoms with Crippen LogP contribution in [-0.2, 0) is 0 Å². The van der Waals surface area contributed by atoms with Crippen LogP contribution in [0.2, 0.25) is 0 Å². The number of amides is 1. The lowest BCUT2D eigenvalue weighted by atomic mass is 10.1. The van der Waals surface area contributed by atoms with E-state index in [1.54, 1.807) is 36.7 Å². The molecule has 0 saturated heterocycles. The van der Waals surface area contributed by atoms with Gasteiger partial charge in [0.25, 0.3) is 5.91 Å². The molecule has 0 radical (unpaired) electrons. The van der Waals surface area contributed by atoms with E-state index in [1.165, 1.54) is 18.3 Å². The molecule has 4 rings (SSSR count). The molecule has 9 nitrogen and oxygen atoms in total. The first-order chi connectivity index (χ1) is 15.7. The lowest BCUT2D eigenvalue weighted by Gasteiger charge is -2.19. The van der Waals surface area contributed by atoms with Gasteiger partial charge in [0.05, 0.1) is 34.8 Å². The first kappa shape index (κ1) is 22.8. The maximum Gasteiger partial charge on any atom is 0.254 e. The Balaban J connectivity index is 1.74. The highest BCUT2D eigenvalue weighted by Crippen LogP contribution is 2.28. The van der Waals surface area contributed by atoms with E-state index in [4.69, 9.17) is 11.1 Å². The number of nitrogens with zero attached hydrogens (tertiary/aromatic N) is 3. The van der Waals surface area contributed by atoms with E-state index >= 15 is 0 Å². The number of anilines is 1. The van der Waals surface area contributed by atoms with Crippen LogP contribution in [0.5, 0.6) is 0 Å². The molecule has 1 fully saturated rings. The zero-order valence-electron chi connectivity index (χ0n) is 18.6. The van der Waals surface area contributed by atoms with Gasteiger partial charge < -0.3 is 26.9 Å².